The maximum Gasteiger partial charge on any atom is 0.263 e. The molecule has 144 valence electrons. The van der Waals surface area contributed by atoms with Gasteiger partial charge in [-0.2, -0.15) is 0 Å². The molecule has 1 heterocycles. The highest BCUT2D eigenvalue weighted by molar-refractivity contribution is 7.93. The number of hydrogen-bond donors (Lipinski definition) is 2. The van der Waals surface area contributed by atoms with Crippen molar-refractivity contribution in [3.63, 3.8) is 0 Å². The minimum atomic E-state index is -4.06. The normalized spacial score (nSPS) is 14.7. The lowest BCUT2D eigenvalue weighted by atomic mass is 10.3. The molecule has 11 heteroatoms. The van der Waals surface area contributed by atoms with Gasteiger partial charge in [-0.25, -0.2) is 16.8 Å². The van der Waals surface area contributed by atoms with Gasteiger partial charge in [-0.15, -0.1) is 0 Å². The van der Waals surface area contributed by atoms with Crippen molar-refractivity contribution in [2.75, 3.05) is 11.3 Å². The van der Waals surface area contributed by atoms with Crippen LogP contribution < -0.4 is 9.44 Å². The van der Waals surface area contributed by atoms with Crippen LogP contribution in [0.4, 0.5) is 5.69 Å². The Labute approximate surface area is 167 Å². The maximum atomic E-state index is 12.6. The molecule has 0 aliphatic carbocycles. The molecular formula is C16H15Cl2N3O4S2. The number of nitrogens with zero attached hydrogens (tertiary/aromatic N) is 1. The molecule has 2 aromatic rings. The van der Waals surface area contributed by atoms with E-state index in [0.717, 1.165) is 6.42 Å². The molecule has 0 atom stereocenters. The van der Waals surface area contributed by atoms with Crippen molar-refractivity contribution in [3.05, 3.63) is 52.5 Å². The van der Waals surface area contributed by atoms with Gasteiger partial charge in [0.2, 0.25) is 0 Å². The molecule has 0 spiro atoms. The van der Waals surface area contributed by atoms with E-state index in [1.807, 2.05) is 0 Å². The van der Waals surface area contributed by atoms with Gasteiger partial charge >= 0.3 is 0 Å². The molecule has 1 aliphatic rings. The Kier molecular flexibility index (Phi) is 5.66. The van der Waals surface area contributed by atoms with Gasteiger partial charge in [0.15, 0.2) is 0 Å². The van der Waals surface area contributed by atoms with E-state index in [2.05, 4.69) is 14.4 Å². The SMILES string of the molecule is O=S(=O)(NC1=NCCC1)c1cccc(NS(=O)(=O)c2cc(Cl)ccc2Cl)c1. The topological polar surface area (TPSA) is 105 Å². The highest BCUT2D eigenvalue weighted by atomic mass is 35.5. The molecule has 7 nitrogen and oxygen atoms in total. The zero-order valence-electron chi connectivity index (χ0n) is 13.8. The van der Waals surface area contributed by atoms with E-state index in [4.69, 9.17) is 23.2 Å². The fourth-order valence-electron chi connectivity index (χ4n) is 2.46. The Morgan fingerprint density at radius 1 is 0.926 bits per heavy atom. The van der Waals surface area contributed by atoms with Crippen molar-refractivity contribution in [1.82, 2.24) is 4.72 Å². The Balaban J connectivity index is 1.88. The van der Waals surface area contributed by atoms with E-state index >= 15 is 0 Å². The number of sulfonamides is 2. The minimum Gasteiger partial charge on any atom is -0.280 e. The number of anilines is 1. The van der Waals surface area contributed by atoms with E-state index in [0.29, 0.717) is 18.8 Å². The second-order valence-electron chi connectivity index (χ2n) is 5.75. The highest BCUT2D eigenvalue weighted by Crippen LogP contribution is 2.27. The number of benzene rings is 2. The molecule has 0 amide bonds. The number of amidine groups is 1. The summed E-state index contributed by atoms with van der Waals surface area (Å²) in [5, 5.41) is 0.203. The first kappa shape index (κ1) is 19.9. The summed E-state index contributed by atoms with van der Waals surface area (Å²) in [6.45, 7) is 0.581. The van der Waals surface area contributed by atoms with Gasteiger partial charge in [0.1, 0.15) is 10.7 Å². The van der Waals surface area contributed by atoms with E-state index in [9.17, 15) is 16.8 Å². The summed E-state index contributed by atoms with van der Waals surface area (Å²) < 4.78 is 54.8. The minimum absolute atomic E-state index is 0.00316. The average Bonchev–Trinajstić information content (AvgIpc) is 3.09. The van der Waals surface area contributed by atoms with Gasteiger partial charge in [-0.3, -0.25) is 14.4 Å². The van der Waals surface area contributed by atoms with Crippen LogP contribution in [-0.2, 0) is 20.0 Å². The summed E-state index contributed by atoms with van der Waals surface area (Å²) in [6, 6.07) is 9.49. The van der Waals surface area contributed by atoms with Gasteiger partial charge in [-0.05, 0) is 42.8 Å². The average molecular weight is 448 g/mol. The third-order valence-electron chi connectivity index (χ3n) is 3.71. The van der Waals surface area contributed by atoms with E-state index in [-0.39, 0.29) is 25.5 Å². The molecule has 2 N–H and O–H groups in total. The third-order valence-corrected chi connectivity index (χ3v) is 7.18. The van der Waals surface area contributed by atoms with Gasteiger partial charge in [0.05, 0.1) is 15.6 Å². The zero-order chi connectivity index (χ0) is 19.7. The summed E-state index contributed by atoms with van der Waals surface area (Å²) in [4.78, 5) is 3.78. The Morgan fingerprint density at radius 2 is 1.70 bits per heavy atom. The molecule has 2 aromatic carbocycles. The largest absolute Gasteiger partial charge is 0.280 e. The highest BCUT2D eigenvalue weighted by Gasteiger charge is 2.21. The monoisotopic (exact) mass is 447 g/mol. The molecule has 0 saturated carbocycles. The molecular weight excluding hydrogens is 433 g/mol. The van der Waals surface area contributed by atoms with Crippen molar-refractivity contribution in [1.29, 1.82) is 0 Å². The van der Waals surface area contributed by atoms with Crippen LogP contribution in [0.1, 0.15) is 12.8 Å². The lowest BCUT2D eigenvalue weighted by molar-refractivity contribution is 0.591. The predicted octanol–water partition coefficient (Wildman–Crippen LogP) is 3.26. The second kappa shape index (κ2) is 7.67. The molecule has 0 bridgehead atoms. The van der Waals surface area contributed by atoms with Gasteiger partial charge in [0, 0.05) is 18.0 Å². The van der Waals surface area contributed by atoms with Crippen molar-refractivity contribution in [3.8, 4) is 0 Å². The first-order valence-electron chi connectivity index (χ1n) is 7.81. The summed E-state index contributed by atoms with van der Waals surface area (Å²) in [5.41, 5.74) is 0.0716. The predicted molar refractivity (Wildman–Crippen MR) is 106 cm³/mol. The third kappa shape index (κ3) is 4.73. The molecule has 0 saturated heterocycles. The molecule has 1 aliphatic heterocycles. The van der Waals surface area contributed by atoms with Crippen molar-refractivity contribution in [2.45, 2.75) is 22.6 Å². The number of rotatable bonds is 5. The van der Waals surface area contributed by atoms with Crippen LogP contribution in [0.3, 0.4) is 0 Å². The molecule has 0 unspecified atom stereocenters. The van der Waals surface area contributed by atoms with Gasteiger partial charge in [-0.1, -0.05) is 29.3 Å². The fourth-order valence-corrected chi connectivity index (χ4v) is 5.40. The lowest BCUT2D eigenvalue weighted by Crippen LogP contribution is -2.29. The molecule has 0 fully saturated rings. The van der Waals surface area contributed by atoms with E-state index in [1.54, 1.807) is 0 Å². The van der Waals surface area contributed by atoms with Gasteiger partial charge < -0.3 is 0 Å². The van der Waals surface area contributed by atoms with Crippen molar-refractivity contribution < 1.29 is 16.8 Å². The summed E-state index contributed by atoms with van der Waals surface area (Å²) in [6.07, 6.45) is 1.34. The Hall–Kier alpha value is -1.81. The Morgan fingerprint density at radius 3 is 2.41 bits per heavy atom. The first-order valence-corrected chi connectivity index (χ1v) is 11.5. The van der Waals surface area contributed by atoms with Crippen molar-refractivity contribution >= 4 is 54.8 Å². The molecule has 3 rings (SSSR count). The van der Waals surface area contributed by atoms with Crippen LogP contribution >= 0.6 is 23.2 Å². The summed E-state index contributed by atoms with van der Waals surface area (Å²) >= 11 is 11.8. The fraction of sp³-hybridized carbons (Fsp3) is 0.188. The van der Waals surface area contributed by atoms with E-state index in [1.165, 1.54) is 42.5 Å². The summed E-state index contributed by atoms with van der Waals surface area (Å²) in [5.74, 6) is 0.395. The summed E-state index contributed by atoms with van der Waals surface area (Å²) in [7, 11) is -7.92. The number of halogens is 2. The van der Waals surface area contributed by atoms with E-state index < -0.39 is 20.0 Å². The van der Waals surface area contributed by atoms with Crippen LogP contribution in [0.15, 0.2) is 57.2 Å². The molecule has 27 heavy (non-hydrogen) atoms. The van der Waals surface area contributed by atoms with Crippen LogP contribution in [0.25, 0.3) is 0 Å². The van der Waals surface area contributed by atoms with Crippen LogP contribution in [0.5, 0.6) is 0 Å². The van der Waals surface area contributed by atoms with Crippen LogP contribution in [0, 0.1) is 0 Å². The molecule has 0 radical (unpaired) electrons. The standard InChI is InChI=1S/C16H15Cl2N3O4S2/c17-11-6-7-14(18)15(9-11)27(24,25)20-12-3-1-4-13(10-12)26(22,23)21-16-5-2-8-19-16/h1,3-4,6-7,9-10,20H,2,5,8H2,(H,19,21). The molecule has 0 aromatic heterocycles. The number of aliphatic imine (C=N–C) groups is 1. The number of nitrogens with one attached hydrogen (secondary N) is 2. The maximum absolute atomic E-state index is 12.6. The zero-order valence-corrected chi connectivity index (χ0v) is 17.0. The smallest absolute Gasteiger partial charge is 0.263 e. The number of hydrogen-bond acceptors (Lipinski definition) is 5. The Bertz CT molecular complexity index is 1120. The van der Waals surface area contributed by atoms with Crippen LogP contribution in [0.2, 0.25) is 10.0 Å². The van der Waals surface area contributed by atoms with Crippen molar-refractivity contribution in [2.24, 2.45) is 4.99 Å². The van der Waals surface area contributed by atoms with Gasteiger partial charge in [0.25, 0.3) is 20.0 Å². The first-order chi connectivity index (χ1) is 12.7. The lowest BCUT2D eigenvalue weighted by Gasteiger charge is -2.12. The quantitative estimate of drug-likeness (QED) is 0.733. The van der Waals surface area contributed by atoms with Crippen LogP contribution in [-0.4, -0.2) is 29.2 Å². The second-order valence-corrected chi connectivity index (χ2v) is 9.92.